The average molecular weight is 264 g/mol. The van der Waals surface area contributed by atoms with Crippen molar-refractivity contribution in [3.05, 3.63) is 23.8 Å². The van der Waals surface area contributed by atoms with Gasteiger partial charge in [0.15, 0.2) is 0 Å². The summed E-state index contributed by atoms with van der Waals surface area (Å²) in [5, 5.41) is 9.28. The molecule has 0 unspecified atom stereocenters. The Bertz CT molecular complexity index is 383. The number of aliphatic hydroxyl groups excluding tert-OH is 1. The highest BCUT2D eigenvalue weighted by Crippen LogP contribution is 2.43. The molecule has 0 bridgehead atoms. The van der Waals surface area contributed by atoms with E-state index in [1.807, 2.05) is 0 Å². The quantitative estimate of drug-likeness (QED) is 0.794. The summed E-state index contributed by atoms with van der Waals surface area (Å²) in [6.07, 6.45) is 10.3. The maximum absolute atomic E-state index is 11.3. The first-order valence-electron chi connectivity index (χ1n) is 7.23. The molecule has 0 aromatic rings. The molecule has 3 heteroatoms. The maximum atomic E-state index is 11.3. The molecule has 106 valence electrons. The lowest BCUT2D eigenvalue weighted by atomic mass is 9.67. The van der Waals surface area contributed by atoms with Crippen molar-refractivity contribution in [1.82, 2.24) is 0 Å². The Balaban J connectivity index is 2.07. The molecule has 0 spiro atoms. The number of rotatable bonds is 4. The van der Waals surface area contributed by atoms with Gasteiger partial charge in [-0.2, -0.15) is 0 Å². The van der Waals surface area contributed by atoms with Crippen LogP contribution in [0.3, 0.4) is 0 Å². The van der Waals surface area contributed by atoms with Gasteiger partial charge in [0.25, 0.3) is 0 Å². The standard InChI is InChI=1S/C16H24O3/c1-11-3-5-13-9-12(10-17)4-6-15(13)14(11)7-8-16(18)19-2/h3,5,9,11-12,14-15,17H,4,6-8,10H2,1-2H3/t11-,12+,14-,15-/m0/s1. The van der Waals surface area contributed by atoms with Crippen LogP contribution in [0.2, 0.25) is 0 Å². The average Bonchev–Trinajstić information content (AvgIpc) is 2.45. The first-order valence-corrected chi connectivity index (χ1v) is 7.23. The molecular weight excluding hydrogens is 240 g/mol. The maximum Gasteiger partial charge on any atom is 0.305 e. The summed E-state index contributed by atoms with van der Waals surface area (Å²) in [5.41, 5.74) is 1.36. The van der Waals surface area contributed by atoms with E-state index in [0.717, 1.165) is 19.3 Å². The Labute approximate surface area is 115 Å². The lowest BCUT2D eigenvalue weighted by Gasteiger charge is -2.38. The summed E-state index contributed by atoms with van der Waals surface area (Å²) in [6, 6.07) is 0. The van der Waals surface area contributed by atoms with Crippen LogP contribution in [0.1, 0.15) is 32.6 Å². The Hall–Kier alpha value is -1.09. The summed E-state index contributed by atoms with van der Waals surface area (Å²) in [5.74, 6) is 1.78. The molecule has 0 amide bonds. The lowest BCUT2D eigenvalue weighted by molar-refractivity contribution is -0.141. The smallest absolute Gasteiger partial charge is 0.305 e. The van der Waals surface area contributed by atoms with Crippen LogP contribution in [0.15, 0.2) is 23.8 Å². The van der Waals surface area contributed by atoms with Gasteiger partial charge in [0.1, 0.15) is 0 Å². The van der Waals surface area contributed by atoms with Crippen molar-refractivity contribution >= 4 is 5.97 Å². The number of fused-ring (bicyclic) bond motifs is 1. The highest BCUT2D eigenvalue weighted by Gasteiger charge is 2.33. The molecule has 3 nitrogen and oxygen atoms in total. The number of aliphatic hydroxyl groups is 1. The monoisotopic (exact) mass is 264 g/mol. The van der Waals surface area contributed by atoms with Crippen LogP contribution in [0.5, 0.6) is 0 Å². The van der Waals surface area contributed by atoms with Crippen LogP contribution in [-0.2, 0) is 9.53 Å². The fraction of sp³-hybridized carbons (Fsp3) is 0.688. The molecule has 0 saturated carbocycles. The van der Waals surface area contributed by atoms with Crippen molar-refractivity contribution in [2.24, 2.45) is 23.7 Å². The van der Waals surface area contributed by atoms with Gasteiger partial charge in [-0.05, 0) is 42.6 Å². The van der Waals surface area contributed by atoms with E-state index in [-0.39, 0.29) is 12.6 Å². The van der Waals surface area contributed by atoms with E-state index >= 15 is 0 Å². The molecule has 0 aromatic heterocycles. The molecule has 0 radical (unpaired) electrons. The van der Waals surface area contributed by atoms with Crippen molar-refractivity contribution in [2.75, 3.05) is 13.7 Å². The van der Waals surface area contributed by atoms with Crippen LogP contribution >= 0.6 is 0 Å². The van der Waals surface area contributed by atoms with E-state index in [1.165, 1.54) is 12.7 Å². The van der Waals surface area contributed by atoms with Crippen LogP contribution in [0, 0.1) is 23.7 Å². The Kier molecular flexibility index (Phi) is 4.81. The van der Waals surface area contributed by atoms with Crippen molar-refractivity contribution in [3.8, 4) is 0 Å². The molecule has 0 aromatic carbocycles. The Morgan fingerprint density at radius 1 is 1.47 bits per heavy atom. The third-order valence-corrected chi connectivity index (χ3v) is 4.63. The van der Waals surface area contributed by atoms with Crippen LogP contribution in [0.25, 0.3) is 0 Å². The first kappa shape index (κ1) is 14.3. The highest BCUT2D eigenvalue weighted by atomic mass is 16.5. The number of carbonyl (C=O) groups excluding carboxylic acids is 1. The van der Waals surface area contributed by atoms with Crippen molar-refractivity contribution < 1.29 is 14.6 Å². The zero-order valence-electron chi connectivity index (χ0n) is 11.8. The number of esters is 1. The minimum atomic E-state index is -0.115. The summed E-state index contributed by atoms with van der Waals surface area (Å²) < 4.78 is 4.74. The molecule has 0 aliphatic heterocycles. The molecule has 4 atom stereocenters. The van der Waals surface area contributed by atoms with Gasteiger partial charge < -0.3 is 9.84 Å². The van der Waals surface area contributed by atoms with Gasteiger partial charge in [0.05, 0.1) is 7.11 Å². The second-order valence-corrected chi connectivity index (χ2v) is 5.79. The van der Waals surface area contributed by atoms with E-state index in [1.54, 1.807) is 0 Å². The third kappa shape index (κ3) is 3.27. The minimum Gasteiger partial charge on any atom is -0.469 e. The van der Waals surface area contributed by atoms with Gasteiger partial charge in [0.2, 0.25) is 0 Å². The van der Waals surface area contributed by atoms with Crippen LogP contribution < -0.4 is 0 Å². The van der Waals surface area contributed by atoms with Gasteiger partial charge in [-0.1, -0.05) is 25.2 Å². The third-order valence-electron chi connectivity index (χ3n) is 4.63. The number of hydrogen-bond acceptors (Lipinski definition) is 3. The SMILES string of the molecule is COC(=O)CC[C@H]1[C@@H](C)C=CC2=C[C@H](CO)CC[C@@H]21. The summed E-state index contributed by atoms with van der Waals surface area (Å²) in [4.78, 5) is 11.3. The zero-order chi connectivity index (χ0) is 13.8. The predicted octanol–water partition coefficient (Wildman–Crippen LogP) is 2.71. The van der Waals surface area contributed by atoms with Gasteiger partial charge >= 0.3 is 5.97 Å². The second kappa shape index (κ2) is 6.38. The van der Waals surface area contributed by atoms with E-state index in [0.29, 0.717) is 30.1 Å². The topological polar surface area (TPSA) is 46.5 Å². The highest BCUT2D eigenvalue weighted by molar-refractivity contribution is 5.69. The van der Waals surface area contributed by atoms with Crippen molar-refractivity contribution in [3.63, 3.8) is 0 Å². The van der Waals surface area contributed by atoms with Crippen molar-refractivity contribution in [2.45, 2.75) is 32.6 Å². The van der Waals surface area contributed by atoms with Crippen LogP contribution in [0.4, 0.5) is 0 Å². The van der Waals surface area contributed by atoms with Crippen molar-refractivity contribution in [1.29, 1.82) is 0 Å². The van der Waals surface area contributed by atoms with Gasteiger partial charge in [-0.15, -0.1) is 0 Å². The molecule has 2 aliphatic rings. The predicted molar refractivity (Wildman–Crippen MR) is 74.4 cm³/mol. The van der Waals surface area contributed by atoms with Crippen LogP contribution in [-0.4, -0.2) is 24.8 Å². The summed E-state index contributed by atoms with van der Waals surface area (Å²) >= 11 is 0. The number of carbonyl (C=O) groups is 1. The molecule has 1 N–H and O–H groups in total. The summed E-state index contributed by atoms with van der Waals surface area (Å²) in [7, 11) is 1.45. The molecule has 0 heterocycles. The van der Waals surface area contributed by atoms with E-state index in [2.05, 4.69) is 25.2 Å². The van der Waals surface area contributed by atoms with E-state index < -0.39 is 0 Å². The number of allylic oxidation sites excluding steroid dienone is 3. The molecule has 0 saturated heterocycles. The molecule has 2 rings (SSSR count). The Morgan fingerprint density at radius 3 is 2.95 bits per heavy atom. The Morgan fingerprint density at radius 2 is 2.26 bits per heavy atom. The molecule has 0 fully saturated rings. The van der Waals surface area contributed by atoms with Gasteiger partial charge in [-0.3, -0.25) is 4.79 Å². The number of ether oxygens (including phenoxy) is 1. The zero-order valence-corrected chi connectivity index (χ0v) is 11.8. The fourth-order valence-electron chi connectivity index (χ4n) is 3.45. The molecular formula is C16H24O3. The minimum absolute atomic E-state index is 0.115. The van der Waals surface area contributed by atoms with Gasteiger partial charge in [-0.25, -0.2) is 0 Å². The van der Waals surface area contributed by atoms with Gasteiger partial charge in [0, 0.05) is 18.9 Å². The first-order chi connectivity index (χ1) is 9.15. The largest absolute Gasteiger partial charge is 0.469 e. The second-order valence-electron chi connectivity index (χ2n) is 5.79. The van der Waals surface area contributed by atoms with E-state index in [4.69, 9.17) is 4.74 Å². The number of hydrogen-bond donors (Lipinski definition) is 1. The lowest BCUT2D eigenvalue weighted by Crippen LogP contribution is -2.30. The number of methoxy groups -OCH3 is 1. The normalized spacial score (nSPS) is 33.5. The van der Waals surface area contributed by atoms with E-state index in [9.17, 15) is 9.90 Å². The molecule has 2 aliphatic carbocycles. The fourth-order valence-corrected chi connectivity index (χ4v) is 3.45. The molecule has 19 heavy (non-hydrogen) atoms. The summed E-state index contributed by atoms with van der Waals surface area (Å²) in [6.45, 7) is 2.47.